The molecule has 29 heavy (non-hydrogen) atoms. The molecule has 0 unspecified atom stereocenters. The minimum atomic E-state index is -1.23. The molecule has 0 atom stereocenters. The fourth-order valence-electron chi connectivity index (χ4n) is 1.53. The van der Waals surface area contributed by atoms with Gasteiger partial charge in [0.2, 0.25) is 0 Å². The summed E-state index contributed by atoms with van der Waals surface area (Å²) in [5.74, 6) is -4.91. The number of carboxylic acids is 4. The predicted molar refractivity (Wildman–Crippen MR) is 96.4 cm³/mol. The lowest BCUT2D eigenvalue weighted by Crippen LogP contribution is -2.43. The molecule has 0 radical (unpaired) electrons. The Morgan fingerprint density at radius 2 is 0.862 bits per heavy atom. The van der Waals surface area contributed by atoms with Gasteiger partial charge < -0.3 is 40.9 Å². The van der Waals surface area contributed by atoms with E-state index in [1.165, 1.54) is 0 Å². The number of carboxylic acid groups (broad SMARTS) is 4. The summed E-state index contributed by atoms with van der Waals surface area (Å²) in [5.41, 5.74) is 0. The number of hydrogen-bond donors (Lipinski definition) is 8. The monoisotopic (exact) mass is 430 g/mol. The van der Waals surface area contributed by atoms with Crippen LogP contribution in [0.4, 0.5) is 0 Å². The molecule has 0 fully saturated rings. The molecule has 172 valence electrons. The largest absolute Gasteiger partial charge is 0.480 e. The Balaban J connectivity index is -0.000000625. The highest BCUT2D eigenvalue weighted by atomic mass is 16.4. The molecule has 0 spiro atoms. The molecular formula is C15H30N2O12. The first-order chi connectivity index (χ1) is 13.4. The molecule has 0 aromatic carbocycles. The van der Waals surface area contributed by atoms with E-state index in [2.05, 4.69) is 0 Å². The number of nitrogens with zero attached hydrogens (tertiary/aromatic N) is 2. The van der Waals surface area contributed by atoms with Gasteiger partial charge in [-0.3, -0.25) is 29.0 Å². The minimum absolute atomic E-state index is 0.0703. The topological polar surface area (TPSA) is 237 Å². The maximum Gasteiger partial charge on any atom is 0.317 e. The van der Waals surface area contributed by atoms with Crippen molar-refractivity contribution in [3.05, 3.63) is 0 Å². The van der Waals surface area contributed by atoms with Gasteiger partial charge in [-0.2, -0.15) is 0 Å². The highest BCUT2D eigenvalue weighted by Crippen LogP contribution is 1.94. The average Bonchev–Trinajstić information content (AvgIpc) is 2.58. The maximum absolute atomic E-state index is 10.6. The van der Waals surface area contributed by atoms with Gasteiger partial charge in [-0.1, -0.05) is 0 Å². The number of aliphatic hydroxyl groups excluding tert-OH is 4. The molecule has 0 saturated carbocycles. The number of carbonyl (C=O) groups is 4. The van der Waals surface area contributed by atoms with Crippen LogP contribution in [0.15, 0.2) is 0 Å². The van der Waals surface area contributed by atoms with Crippen LogP contribution >= 0.6 is 0 Å². The molecule has 14 heteroatoms. The van der Waals surface area contributed by atoms with Crippen molar-refractivity contribution in [2.45, 2.75) is 13.0 Å². The van der Waals surface area contributed by atoms with E-state index in [0.29, 0.717) is 0 Å². The van der Waals surface area contributed by atoms with E-state index in [1.807, 2.05) is 0 Å². The lowest BCUT2D eigenvalue weighted by atomic mass is 10.4. The van der Waals surface area contributed by atoms with Crippen molar-refractivity contribution >= 4 is 23.9 Å². The number of aliphatic carboxylic acids is 4. The fourth-order valence-corrected chi connectivity index (χ4v) is 1.53. The SMILES string of the molecule is CCO.O=C(O)CN(CCN(CC(=O)O)CC(=O)O)CC(=O)O.OCC(O)CO. The molecule has 0 saturated heterocycles. The normalized spacial score (nSPS) is 10.1. The van der Waals surface area contributed by atoms with Crippen LogP contribution in [0.5, 0.6) is 0 Å². The Bertz CT molecular complexity index is 402. The van der Waals surface area contributed by atoms with Crippen LogP contribution in [0.1, 0.15) is 6.92 Å². The van der Waals surface area contributed by atoms with Crippen molar-refractivity contribution in [2.75, 3.05) is 59.1 Å². The third-order valence-electron chi connectivity index (χ3n) is 2.59. The summed E-state index contributed by atoms with van der Waals surface area (Å²) in [5, 5.41) is 66.1. The Kier molecular flexibility index (Phi) is 22.0. The van der Waals surface area contributed by atoms with E-state index < -0.39 is 56.2 Å². The van der Waals surface area contributed by atoms with Crippen LogP contribution in [0.25, 0.3) is 0 Å². The molecule has 0 aromatic heterocycles. The third-order valence-corrected chi connectivity index (χ3v) is 2.59. The molecule has 0 aliphatic carbocycles. The Morgan fingerprint density at radius 1 is 0.655 bits per heavy atom. The molecule has 0 bridgehead atoms. The van der Waals surface area contributed by atoms with E-state index in [0.717, 1.165) is 9.80 Å². The Hall–Kier alpha value is -2.36. The summed E-state index contributed by atoms with van der Waals surface area (Å²) < 4.78 is 0. The quantitative estimate of drug-likeness (QED) is 0.140. The van der Waals surface area contributed by atoms with E-state index in [-0.39, 0.29) is 32.9 Å². The lowest BCUT2D eigenvalue weighted by Gasteiger charge is -2.23. The van der Waals surface area contributed by atoms with Crippen LogP contribution in [-0.2, 0) is 19.2 Å². The Labute approximate surface area is 166 Å². The fraction of sp³-hybridized carbons (Fsp3) is 0.733. The second-order valence-electron chi connectivity index (χ2n) is 5.33. The van der Waals surface area contributed by atoms with Crippen molar-refractivity contribution in [2.24, 2.45) is 0 Å². The zero-order valence-corrected chi connectivity index (χ0v) is 16.0. The van der Waals surface area contributed by atoms with Crippen molar-refractivity contribution in [1.29, 1.82) is 0 Å². The van der Waals surface area contributed by atoms with Gasteiger partial charge >= 0.3 is 23.9 Å². The summed E-state index contributed by atoms with van der Waals surface area (Å²) in [4.78, 5) is 44.4. The smallest absolute Gasteiger partial charge is 0.317 e. The molecule has 0 rings (SSSR count). The number of hydrogen-bond acceptors (Lipinski definition) is 10. The number of aliphatic hydroxyl groups is 4. The van der Waals surface area contributed by atoms with Gasteiger partial charge in [0.05, 0.1) is 39.4 Å². The molecular weight excluding hydrogens is 400 g/mol. The highest BCUT2D eigenvalue weighted by molar-refractivity contribution is 5.73. The molecule has 14 nitrogen and oxygen atoms in total. The third kappa shape index (κ3) is 28.0. The minimum Gasteiger partial charge on any atom is -0.480 e. The van der Waals surface area contributed by atoms with Gasteiger partial charge in [-0.25, -0.2) is 0 Å². The molecule has 0 amide bonds. The van der Waals surface area contributed by atoms with Crippen LogP contribution in [0.2, 0.25) is 0 Å². The standard InChI is InChI=1S/C10H16N2O8.C3H8O3.C2H6O/c13-7(14)3-11(4-8(15)16)1-2-12(5-9(17)18)6-10(19)20;4-1-3(6)2-5;1-2-3/h1-6H2,(H,13,14)(H,15,16)(H,17,18)(H,19,20);3-6H,1-2H2;3H,2H2,1H3. The van der Waals surface area contributed by atoms with Crippen LogP contribution in [-0.4, -0.2) is 140 Å². The van der Waals surface area contributed by atoms with Gasteiger partial charge in [0, 0.05) is 19.7 Å². The average molecular weight is 430 g/mol. The first-order valence-electron chi connectivity index (χ1n) is 8.25. The molecule has 8 N–H and O–H groups in total. The van der Waals surface area contributed by atoms with Crippen molar-refractivity contribution in [3.63, 3.8) is 0 Å². The molecule has 0 aromatic rings. The number of rotatable bonds is 13. The van der Waals surface area contributed by atoms with Crippen molar-refractivity contribution in [1.82, 2.24) is 9.80 Å². The first kappa shape index (κ1) is 31.3. The zero-order chi connectivity index (χ0) is 23.4. The van der Waals surface area contributed by atoms with Gasteiger partial charge in [0.15, 0.2) is 0 Å². The highest BCUT2D eigenvalue weighted by Gasteiger charge is 2.17. The molecule has 0 aliphatic heterocycles. The summed E-state index contributed by atoms with van der Waals surface area (Å²) >= 11 is 0. The molecule has 0 aliphatic rings. The van der Waals surface area contributed by atoms with Gasteiger partial charge in [-0.15, -0.1) is 0 Å². The van der Waals surface area contributed by atoms with Gasteiger partial charge in [-0.05, 0) is 6.92 Å². The first-order valence-corrected chi connectivity index (χ1v) is 8.25. The second-order valence-corrected chi connectivity index (χ2v) is 5.33. The van der Waals surface area contributed by atoms with E-state index in [1.54, 1.807) is 6.92 Å². The van der Waals surface area contributed by atoms with Gasteiger partial charge in [0.1, 0.15) is 6.10 Å². The Morgan fingerprint density at radius 3 is 0.966 bits per heavy atom. The van der Waals surface area contributed by atoms with Crippen molar-refractivity contribution < 1.29 is 60.0 Å². The van der Waals surface area contributed by atoms with Crippen LogP contribution in [0.3, 0.4) is 0 Å². The lowest BCUT2D eigenvalue weighted by molar-refractivity contribution is -0.145. The van der Waals surface area contributed by atoms with Gasteiger partial charge in [0.25, 0.3) is 0 Å². The maximum atomic E-state index is 10.6. The predicted octanol–water partition coefficient (Wildman–Crippen LogP) is -3.74. The summed E-state index contributed by atoms with van der Waals surface area (Å²) in [6.45, 7) is -1.05. The van der Waals surface area contributed by atoms with Crippen LogP contribution < -0.4 is 0 Å². The zero-order valence-electron chi connectivity index (χ0n) is 16.0. The summed E-state index contributed by atoms with van der Waals surface area (Å²) in [6, 6.07) is 0. The van der Waals surface area contributed by atoms with E-state index >= 15 is 0 Å². The van der Waals surface area contributed by atoms with E-state index in [4.69, 9.17) is 40.9 Å². The second kappa shape index (κ2) is 20.4. The summed E-state index contributed by atoms with van der Waals surface area (Å²) in [6.07, 6.45) is -0.954. The summed E-state index contributed by atoms with van der Waals surface area (Å²) in [7, 11) is 0. The van der Waals surface area contributed by atoms with Crippen molar-refractivity contribution in [3.8, 4) is 0 Å². The van der Waals surface area contributed by atoms with Crippen LogP contribution in [0, 0.1) is 0 Å². The molecule has 0 heterocycles. The van der Waals surface area contributed by atoms with E-state index in [9.17, 15) is 19.2 Å².